The molecule has 0 unspecified atom stereocenters. The molecule has 116 valence electrons. The van der Waals surface area contributed by atoms with Crippen LogP contribution >= 0.6 is 0 Å². The second-order valence-corrected chi connectivity index (χ2v) is 5.18. The first-order chi connectivity index (χ1) is 9.76. The van der Waals surface area contributed by atoms with Gasteiger partial charge in [0.25, 0.3) is 0 Å². The van der Waals surface area contributed by atoms with Gasteiger partial charge < -0.3 is 15.4 Å². The van der Waals surface area contributed by atoms with E-state index < -0.39 is 23.2 Å². The minimum atomic E-state index is -4.34. The second-order valence-electron chi connectivity index (χ2n) is 5.18. The molecular weight excluding hydrogens is 285 g/mol. The fourth-order valence-corrected chi connectivity index (χ4v) is 2.43. The predicted molar refractivity (Wildman–Crippen MR) is 71.8 cm³/mol. The van der Waals surface area contributed by atoms with E-state index in [0.29, 0.717) is 31.6 Å². The lowest BCUT2D eigenvalue weighted by Crippen LogP contribution is -2.56. The van der Waals surface area contributed by atoms with Gasteiger partial charge in [-0.3, -0.25) is 4.79 Å². The summed E-state index contributed by atoms with van der Waals surface area (Å²) < 4.78 is 42.2. The van der Waals surface area contributed by atoms with Gasteiger partial charge in [0, 0.05) is 18.8 Å². The average Bonchev–Trinajstić information content (AvgIpc) is 2.46. The van der Waals surface area contributed by atoms with Crippen molar-refractivity contribution in [1.82, 2.24) is 0 Å². The van der Waals surface area contributed by atoms with Gasteiger partial charge >= 0.3 is 12.1 Å². The number of carbonyl (C=O) groups excluding carboxylic acids is 1. The van der Waals surface area contributed by atoms with Crippen molar-refractivity contribution < 1.29 is 22.7 Å². The molecule has 0 spiro atoms. The summed E-state index contributed by atoms with van der Waals surface area (Å²) in [5.41, 5.74) is 5.00. The highest BCUT2D eigenvalue weighted by atomic mass is 19.4. The maximum absolute atomic E-state index is 12.5. The lowest BCUT2D eigenvalue weighted by Gasteiger charge is -2.38. The molecule has 2 rings (SSSR count). The standard InChI is InChI=1S/C14H17F3N2O2/c1-21-12(20)13(18)6-8-19(9-7-13)11-4-2-10(3-5-11)14(15,16)17/h2-5H,6-9,18H2,1H3. The Bertz CT molecular complexity index is 506. The number of carbonyl (C=O) groups is 1. The van der Waals surface area contributed by atoms with E-state index in [0.717, 1.165) is 12.1 Å². The molecule has 1 aromatic carbocycles. The Hall–Kier alpha value is -1.76. The van der Waals surface area contributed by atoms with Crippen LogP contribution in [0.5, 0.6) is 0 Å². The van der Waals surface area contributed by atoms with Crippen molar-refractivity contribution in [2.75, 3.05) is 25.1 Å². The number of ether oxygens (including phenoxy) is 1. The molecule has 1 saturated heterocycles. The van der Waals surface area contributed by atoms with Crippen LogP contribution in [0.15, 0.2) is 24.3 Å². The van der Waals surface area contributed by atoms with Crippen LogP contribution in [0.1, 0.15) is 18.4 Å². The zero-order valence-corrected chi connectivity index (χ0v) is 11.6. The van der Waals surface area contributed by atoms with Crippen molar-refractivity contribution in [3.8, 4) is 0 Å². The molecule has 0 aliphatic carbocycles. The number of esters is 1. The Morgan fingerprint density at radius 1 is 1.24 bits per heavy atom. The monoisotopic (exact) mass is 302 g/mol. The van der Waals surface area contributed by atoms with E-state index in [2.05, 4.69) is 4.74 Å². The molecule has 0 aromatic heterocycles. The van der Waals surface area contributed by atoms with Gasteiger partial charge in [-0.2, -0.15) is 13.2 Å². The van der Waals surface area contributed by atoms with Gasteiger partial charge in [0.1, 0.15) is 5.54 Å². The van der Waals surface area contributed by atoms with Gasteiger partial charge in [0.05, 0.1) is 12.7 Å². The molecule has 1 aromatic rings. The summed E-state index contributed by atoms with van der Waals surface area (Å²) >= 11 is 0. The number of nitrogens with zero attached hydrogens (tertiary/aromatic N) is 1. The Labute approximate surface area is 120 Å². The van der Waals surface area contributed by atoms with Crippen molar-refractivity contribution in [2.24, 2.45) is 5.73 Å². The first-order valence-corrected chi connectivity index (χ1v) is 6.56. The van der Waals surface area contributed by atoms with Crippen LogP contribution in [0.3, 0.4) is 0 Å². The second kappa shape index (κ2) is 5.55. The molecular formula is C14H17F3N2O2. The molecule has 1 aliphatic heterocycles. The lowest BCUT2D eigenvalue weighted by atomic mass is 9.88. The number of rotatable bonds is 2. The lowest BCUT2D eigenvalue weighted by molar-refractivity contribution is -0.147. The molecule has 0 radical (unpaired) electrons. The smallest absolute Gasteiger partial charge is 0.416 e. The zero-order chi connectivity index (χ0) is 15.7. The van der Waals surface area contributed by atoms with Gasteiger partial charge in [-0.15, -0.1) is 0 Å². The molecule has 0 amide bonds. The normalized spacial score (nSPS) is 18.4. The number of nitrogens with two attached hydrogens (primary N) is 1. The fourth-order valence-electron chi connectivity index (χ4n) is 2.43. The minimum Gasteiger partial charge on any atom is -0.468 e. The van der Waals surface area contributed by atoms with Crippen molar-refractivity contribution in [3.63, 3.8) is 0 Å². The largest absolute Gasteiger partial charge is 0.468 e. The Balaban J connectivity index is 2.04. The highest BCUT2D eigenvalue weighted by Gasteiger charge is 2.39. The predicted octanol–water partition coefficient (Wildman–Crippen LogP) is 2.18. The number of hydrogen-bond acceptors (Lipinski definition) is 4. The molecule has 0 saturated carbocycles. The summed E-state index contributed by atoms with van der Waals surface area (Å²) in [7, 11) is 1.29. The molecule has 4 nitrogen and oxygen atoms in total. The summed E-state index contributed by atoms with van der Waals surface area (Å²) in [5, 5.41) is 0. The molecule has 0 atom stereocenters. The van der Waals surface area contributed by atoms with Gasteiger partial charge in [-0.25, -0.2) is 0 Å². The van der Waals surface area contributed by atoms with Crippen LogP contribution in [0, 0.1) is 0 Å². The molecule has 1 aliphatic rings. The van der Waals surface area contributed by atoms with E-state index in [-0.39, 0.29) is 0 Å². The molecule has 0 bridgehead atoms. The Kier molecular flexibility index (Phi) is 4.13. The highest BCUT2D eigenvalue weighted by Crippen LogP contribution is 2.31. The maximum atomic E-state index is 12.5. The van der Waals surface area contributed by atoms with Crippen molar-refractivity contribution in [1.29, 1.82) is 0 Å². The van der Waals surface area contributed by atoms with Crippen LogP contribution in [-0.4, -0.2) is 31.7 Å². The molecule has 1 fully saturated rings. The quantitative estimate of drug-likeness (QED) is 0.851. The number of methoxy groups -OCH3 is 1. The van der Waals surface area contributed by atoms with Crippen molar-refractivity contribution in [2.45, 2.75) is 24.6 Å². The number of anilines is 1. The van der Waals surface area contributed by atoms with Crippen LogP contribution in [0.2, 0.25) is 0 Å². The van der Waals surface area contributed by atoms with Gasteiger partial charge in [-0.05, 0) is 37.1 Å². The molecule has 7 heteroatoms. The van der Waals surface area contributed by atoms with Crippen LogP contribution < -0.4 is 10.6 Å². The van der Waals surface area contributed by atoms with E-state index in [4.69, 9.17) is 5.73 Å². The Morgan fingerprint density at radius 2 is 1.76 bits per heavy atom. The van der Waals surface area contributed by atoms with Crippen molar-refractivity contribution >= 4 is 11.7 Å². The topological polar surface area (TPSA) is 55.6 Å². The highest BCUT2D eigenvalue weighted by molar-refractivity contribution is 5.81. The zero-order valence-electron chi connectivity index (χ0n) is 11.6. The summed E-state index contributed by atoms with van der Waals surface area (Å²) in [5.74, 6) is -0.449. The van der Waals surface area contributed by atoms with E-state index in [1.165, 1.54) is 19.2 Å². The number of benzene rings is 1. The summed E-state index contributed by atoms with van der Waals surface area (Å²) in [6, 6.07) is 4.98. The number of alkyl halides is 3. The van der Waals surface area contributed by atoms with Crippen LogP contribution in [-0.2, 0) is 15.7 Å². The first-order valence-electron chi connectivity index (χ1n) is 6.56. The average molecular weight is 302 g/mol. The summed E-state index contributed by atoms with van der Waals surface area (Å²) in [6.45, 7) is 0.994. The summed E-state index contributed by atoms with van der Waals surface area (Å²) in [6.07, 6.45) is -3.53. The van der Waals surface area contributed by atoms with E-state index in [1.54, 1.807) is 0 Å². The number of piperidine rings is 1. The van der Waals surface area contributed by atoms with Gasteiger partial charge in [0.2, 0.25) is 0 Å². The van der Waals surface area contributed by atoms with Gasteiger partial charge in [-0.1, -0.05) is 0 Å². The molecule has 21 heavy (non-hydrogen) atoms. The third-order valence-corrected chi connectivity index (χ3v) is 3.81. The third-order valence-electron chi connectivity index (χ3n) is 3.81. The van der Waals surface area contributed by atoms with E-state index in [9.17, 15) is 18.0 Å². The number of halogens is 3. The fraction of sp³-hybridized carbons (Fsp3) is 0.500. The maximum Gasteiger partial charge on any atom is 0.416 e. The first kappa shape index (κ1) is 15.6. The van der Waals surface area contributed by atoms with Crippen LogP contribution in [0.25, 0.3) is 0 Å². The summed E-state index contributed by atoms with van der Waals surface area (Å²) in [4.78, 5) is 13.5. The van der Waals surface area contributed by atoms with Gasteiger partial charge in [0.15, 0.2) is 0 Å². The SMILES string of the molecule is COC(=O)C1(N)CCN(c2ccc(C(F)(F)F)cc2)CC1. The van der Waals surface area contributed by atoms with E-state index in [1.807, 2.05) is 4.90 Å². The van der Waals surface area contributed by atoms with Crippen LogP contribution in [0.4, 0.5) is 18.9 Å². The number of hydrogen-bond donors (Lipinski definition) is 1. The molecule has 2 N–H and O–H groups in total. The van der Waals surface area contributed by atoms with E-state index >= 15 is 0 Å². The minimum absolute atomic E-state index is 0.403. The molecule has 1 heterocycles. The third kappa shape index (κ3) is 3.29. The van der Waals surface area contributed by atoms with Crippen molar-refractivity contribution in [3.05, 3.63) is 29.8 Å². The Morgan fingerprint density at radius 3 is 2.19 bits per heavy atom.